The first-order chi connectivity index (χ1) is 13.9. The van der Waals surface area contributed by atoms with Crippen molar-refractivity contribution in [2.75, 3.05) is 5.32 Å². The topological polar surface area (TPSA) is 114 Å². The third kappa shape index (κ3) is 3.84. The molecular weight excluding hydrogens is 397 g/mol. The highest BCUT2D eigenvalue weighted by atomic mass is 32.2. The summed E-state index contributed by atoms with van der Waals surface area (Å²) in [6, 6.07) is 8.88. The molecule has 0 saturated carbocycles. The molecule has 0 bridgehead atoms. The van der Waals surface area contributed by atoms with Crippen molar-refractivity contribution in [1.82, 2.24) is 20.1 Å². The average molecular weight is 413 g/mol. The Hall–Kier alpha value is -3.24. The van der Waals surface area contributed by atoms with E-state index in [1.807, 2.05) is 6.92 Å². The average Bonchev–Trinajstić information content (AvgIpc) is 3.14. The number of anilines is 1. The van der Waals surface area contributed by atoms with E-state index in [0.717, 1.165) is 0 Å². The molecule has 2 heterocycles. The fourth-order valence-corrected chi connectivity index (χ4v) is 3.51. The molecule has 0 spiro atoms. The van der Waals surface area contributed by atoms with Crippen molar-refractivity contribution >= 4 is 27.8 Å². The number of aryl methyl sites for hydroxylation is 1. The van der Waals surface area contributed by atoms with Crippen molar-refractivity contribution in [3.8, 4) is 11.1 Å². The van der Waals surface area contributed by atoms with Gasteiger partial charge in [0.25, 0.3) is 0 Å². The molecule has 4 rings (SSSR count). The third-order valence-electron chi connectivity index (χ3n) is 4.35. The van der Waals surface area contributed by atoms with Crippen LogP contribution in [0.1, 0.15) is 24.7 Å². The minimum Gasteiger partial charge on any atom is -0.360 e. The lowest BCUT2D eigenvalue weighted by Crippen LogP contribution is -2.10. The van der Waals surface area contributed by atoms with Gasteiger partial charge in [-0.15, -0.1) is 0 Å². The second-order valence-electron chi connectivity index (χ2n) is 6.39. The van der Waals surface area contributed by atoms with Gasteiger partial charge < -0.3 is 14.4 Å². The van der Waals surface area contributed by atoms with Gasteiger partial charge in [0.2, 0.25) is 5.89 Å². The molecule has 0 amide bonds. The fourth-order valence-electron chi connectivity index (χ4n) is 2.95. The molecule has 2 N–H and O–H groups in total. The Morgan fingerprint density at radius 3 is 2.59 bits per heavy atom. The van der Waals surface area contributed by atoms with E-state index in [1.54, 1.807) is 31.2 Å². The quantitative estimate of drug-likeness (QED) is 0.474. The number of rotatable bonds is 5. The summed E-state index contributed by atoms with van der Waals surface area (Å²) in [5.74, 6) is 0.976. The van der Waals surface area contributed by atoms with E-state index in [4.69, 9.17) is 4.52 Å². The first-order valence-electron chi connectivity index (χ1n) is 8.64. The molecule has 0 aliphatic carbocycles. The number of aromatic nitrogens is 4. The molecule has 1 unspecified atom stereocenters. The second kappa shape index (κ2) is 7.64. The summed E-state index contributed by atoms with van der Waals surface area (Å²) in [6.07, 6.45) is 1.31. The molecule has 0 radical (unpaired) electrons. The molecule has 10 heteroatoms. The lowest BCUT2D eigenvalue weighted by atomic mass is 10.0. The van der Waals surface area contributed by atoms with Crippen LogP contribution in [-0.2, 0) is 11.1 Å². The number of fused-ring (bicyclic) bond motifs is 1. The van der Waals surface area contributed by atoms with Gasteiger partial charge in [-0.25, -0.2) is 18.6 Å². The van der Waals surface area contributed by atoms with Crippen LogP contribution in [0.4, 0.5) is 10.2 Å². The minimum atomic E-state index is -2.28. The van der Waals surface area contributed by atoms with Gasteiger partial charge >= 0.3 is 0 Å². The zero-order valence-corrected chi connectivity index (χ0v) is 16.3. The van der Waals surface area contributed by atoms with Crippen LogP contribution in [0.25, 0.3) is 22.0 Å². The lowest BCUT2D eigenvalue weighted by Gasteiger charge is -2.14. The van der Waals surface area contributed by atoms with Crippen LogP contribution in [0, 0.1) is 12.7 Å². The van der Waals surface area contributed by atoms with Gasteiger partial charge in [-0.3, -0.25) is 0 Å². The van der Waals surface area contributed by atoms with Crippen LogP contribution in [-0.4, -0.2) is 28.9 Å². The van der Waals surface area contributed by atoms with Crippen LogP contribution in [0.2, 0.25) is 0 Å². The number of nitrogens with zero attached hydrogens (tertiary/aromatic N) is 4. The van der Waals surface area contributed by atoms with Crippen LogP contribution in [0.15, 0.2) is 52.1 Å². The second-order valence-corrected chi connectivity index (χ2v) is 7.32. The van der Waals surface area contributed by atoms with Gasteiger partial charge in [-0.1, -0.05) is 17.3 Å². The van der Waals surface area contributed by atoms with Crippen LogP contribution >= 0.6 is 0 Å². The number of hydrogen-bond donors (Lipinski definition) is 2. The maximum Gasteiger partial charge on any atom is 0.223 e. The van der Waals surface area contributed by atoms with E-state index in [1.165, 1.54) is 18.5 Å². The van der Waals surface area contributed by atoms with E-state index < -0.39 is 11.1 Å². The Morgan fingerprint density at radius 2 is 1.93 bits per heavy atom. The number of nitrogens with one attached hydrogen (secondary N) is 1. The number of hydrogen-bond acceptors (Lipinski definition) is 7. The lowest BCUT2D eigenvalue weighted by molar-refractivity contribution is 0.385. The molecule has 0 saturated heterocycles. The van der Waals surface area contributed by atoms with Crippen molar-refractivity contribution in [3.63, 3.8) is 0 Å². The van der Waals surface area contributed by atoms with Crippen molar-refractivity contribution in [1.29, 1.82) is 0 Å². The molecule has 2 aromatic carbocycles. The van der Waals surface area contributed by atoms with Gasteiger partial charge in [0.1, 0.15) is 18.0 Å². The number of halogens is 1. The fraction of sp³-hybridized carbons (Fsp3) is 0.158. The summed E-state index contributed by atoms with van der Waals surface area (Å²) in [4.78, 5) is 12.8. The van der Waals surface area contributed by atoms with Crippen molar-refractivity contribution in [2.24, 2.45) is 0 Å². The molecule has 29 heavy (non-hydrogen) atoms. The highest BCUT2D eigenvalue weighted by molar-refractivity contribution is 7.79. The van der Waals surface area contributed by atoms with Gasteiger partial charge in [0.15, 0.2) is 16.9 Å². The van der Waals surface area contributed by atoms with Gasteiger partial charge in [0, 0.05) is 12.3 Å². The van der Waals surface area contributed by atoms with Gasteiger partial charge in [-0.05, 0) is 42.3 Å². The predicted octanol–water partition coefficient (Wildman–Crippen LogP) is 3.88. The van der Waals surface area contributed by atoms with Crippen LogP contribution in [0.3, 0.4) is 0 Å². The van der Waals surface area contributed by atoms with Crippen molar-refractivity contribution in [3.05, 3.63) is 60.3 Å². The smallest absolute Gasteiger partial charge is 0.223 e. The Kier molecular flexibility index (Phi) is 5.03. The maximum absolute atomic E-state index is 13.3. The van der Waals surface area contributed by atoms with E-state index >= 15 is 0 Å². The van der Waals surface area contributed by atoms with Gasteiger partial charge in [-0.2, -0.15) is 4.98 Å². The Morgan fingerprint density at radius 1 is 1.17 bits per heavy atom. The van der Waals surface area contributed by atoms with Crippen molar-refractivity contribution in [2.45, 2.75) is 24.8 Å². The predicted molar refractivity (Wildman–Crippen MR) is 105 cm³/mol. The summed E-state index contributed by atoms with van der Waals surface area (Å²) < 4.78 is 40.0. The summed E-state index contributed by atoms with van der Waals surface area (Å²) in [7, 11) is 0. The number of benzene rings is 2. The zero-order chi connectivity index (χ0) is 20.5. The Balaban J connectivity index is 1.84. The highest BCUT2D eigenvalue weighted by Crippen LogP contribution is 2.32. The molecule has 0 aliphatic heterocycles. The molecule has 0 aliphatic rings. The van der Waals surface area contributed by atoms with E-state index in [0.29, 0.717) is 39.6 Å². The molecule has 2 atom stereocenters. The van der Waals surface area contributed by atoms with E-state index in [-0.39, 0.29) is 16.8 Å². The molecule has 2 aromatic heterocycles. The standard InChI is InChI=1S/C19H16FN5O3S/c1-10(18-24-11(2)28-25-18)23-19-15-7-13(12-3-5-14(20)6-4-12)8-16(29(26)27)17(15)21-9-22-19/h3-10H,1-2H3,(H,26,27)(H,21,22,23)/t10-/m1/s1. The first-order valence-corrected chi connectivity index (χ1v) is 9.75. The summed E-state index contributed by atoms with van der Waals surface area (Å²) in [5.41, 5.74) is 1.66. The molecular formula is C19H16FN5O3S. The molecule has 0 fully saturated rings. The van der Waals surface area contributed by atoms with Crippen LogP contribution < -0.4 is 5.32 Å². The molecule has 148 valence electrons. The zero-order valence-electron chi connectivity index (χ0n) is 15.5. The van der Waals surface area contributed by atoms with E-state index in [2.05, 4.69) is 25.4 Å². The van der Waals surface area contributed by atoms with E-state index in [9.17, 15) is 13.2 Å². The monoisotopic (exact) mass is 413 g/mol. The third-order valence-corrected chi connectivity index (χ3v) is 5.04. The minimum absolute atomic E-state index is 0.135. The Labute approximate surface area is 167 Å². The summed E-state index contributed by atoms with van der Waals surface area (Å²) >= 11 is -2.28. The normalized spacial score (nSPS) is 13.4. The molecule has 8 nitrogen and oxygen atoms in total. The largest absolute Gasteiger partial charge is 0.360 e. The molecule has 4 aromatic rings. The van der Waals surface area contributed by atoms with Crippen molar-refractivity contribution < 1.29 is 17.7 Å². The highest BCUT2D eigenvalue weighted by Gasteiger charge is 2.18. The van der Waals surface area contributed by atoms with Gasteiger partial charge in [0.05, 0.1) is 16.5 Å². The SMILES string of the molecule is Cc1nc([C@@H](C)Nc2ncnc3c(S(=O)O)cc(-c4ccc(F)cc4)cc23)no1. The first kappa shape index (κ1) is 19.1. The summed E-state index contributed by atoms with van der Waals surface area (Å²) in [5, 5.41) is 7.63. The van der Waals surface area contributed by atoms with Crippen LogP contribution in [0.5, 0.6) is 0 Å². The Bertz CT molecular complexity index is 1210. The summed E-state index contributed by atoms with van der Waals surface area (Å²) in [6.45, 7) is 3.54. The maximum atomic E-state index is 13.3.